The number of alkyl halides is 2. The van der Waals surface area contributed by atoms with Gasteiger partial charge in [0, 0.05) is 16.2 Å². The molecule has 2 aromatic heterocycles. The van der Waals surface area contributed by atoms with E-state index < -0.39 is 12.3 Å². The van der Waals surface area contributed by atoms with Gasteiger partial charge < -0.3 is 8.72 Å². The Kier molecular flexibility index (Phi) is 5.77. The van der Waals surface area contributed by atoms with Crippen LogP contribution in [0.5, 0.6) is 0 Å². The Morgan fingerprint density at radius 3 is 2.46 bits per heavy atom. The molecule has 3 rings (SSSR count). The van der Waals surface area contributed by atoms with Gasteiger partial charge in [-0.15, -0.1) is 20.9 Å². The number of rotatable bonds is 6. The number of nitrogens with zero attached hydrogens (tertiary/aromatic N) is 4. The summed E-state index contributed by atoms with van der Waals surface area (Å²) in [5, 5.41) is 6.99. The molecule has 0 saturated heterocycles. The molecule has 9 heteroatoms. The van der Waals surface area contributed by atoms with E-state index in [1.54, 1.807) is 18.3 Å². The molecule has 0 amide bonds. The molecule has 136 valence electrons. The van der Waals surface area contributed by atoms with E-state index in [4.69, 9.17) is 4.42 Å². The summed E-state index contributed by atoms with van der Waals surface area (Å²) in [7, 11) is -0.273. The van der Waals surface area contributed by atoms with Crippen LogP contribution in [0, 0.1) is 0 Å². The van der Waals surface area contributed by atoms with E-state index in [2.05, 4.69) is 41.3 Å². The lowest BCUT2D eigenvalue weighted by Crippen LogP contribution is -2.16. The molecule has 5 nitrogen and oxygen atoms in total. The molecule has 0 N–H and O–H groups in total. The lowest BCUT2D eigenvalue weighted by Gasteiger charge is -2.24. The number of hydrogen-bond donors (Lipinski definition) is 0. The van der Waals surface area contributed by atoms with Gasteiger partial charge in [0.05, 0.1) is 6.54 Å². The number of benzene rings is 1. The van der Waals surface area contributed by atoms with Crippen molar-refractivity contribution >= 4 is 38.3 Å². The zero-order valence-corrected chi connectivity index (χ0v) is 16.2. The first-order valence-electron chi connectivity index (χ1n) is 7.49. The molecule has 0 bridgehead atoms. The molecular weight excluding hydrogens is 426 g/mol. The second kappa shape index (κ2) is 8.05. The molecule has 0 aliphatic heterocycles. The van der Waals surface area contributed by atoms with Crippen LogP contribution in [-0.2, 0) is 6.54 Å². The van der Waals surface area contributed by atoms with Crippen LogP contribution in [0.4, 0.5) is 14.6 Å². The summed E-state index contributed by atoms with van der Waals surface area (Å²) >= 11 is 3.38. The molecule has 0 spiro atoms. The highest BCUT2D eigenvalue weighted by Crippen LogP contribution is 2.27. The van der Waals surface area contributed by atoms with Gasteiger partial charge in [-0.1, -0.05) is 18.0 Å². The van der Waals surface area contributed by atoms with Crippen molar-refractivity contribution in [1.82, 2.24) is 15.2 Å². The number of halogens is 3. The SMILES string of the molecule is C=S(C)N(Cc1ccc(-c2nnc(C(F)F)o2)cc1)c1ccc(Br)cn1. The van der Waals surface area contributed by atoms with Crippen LogP contribution in [0.1, 0.15) is 17.9 Å². The van der Waals surface area contributed by atoms with E-state index in [0.29, 0.717) is 12.1 Å². The monoisotopic (exact) mass is 440 g/mol. The van der Waals surface area contributed by atoms with E-state index in [1.165, 1.54) is 0 Å². The van der Waals surface area contributed by atoms with Crippen LogP contribution in [0.3, 0.4) is 0 Å². The van der Waals surface area contributed by atoms with Crippen LogP contribution in [0.15, 0.2) is 51.5 Å². The Bertz CT molecular complexity index is 900. The molecule has 26 heavy (non-hydrogen) atoms. The second-order valence-corrected chi connectivity index (χ2v) is 7.97. The lowest BCUT2D eigenvalue weighted by molar-refractivity contribution is 0.116. The van der Waals surface area contributed by atoms with E-state index in [0.717, 1.165) is 15.9 Å². The third-order valence-electron chi connectivity index (χ3n) is 3.50. The van der Waals surface area contributed by atoms with Crippen molar-refractivity contribution in [1.29, 1.82) is 0 Å². The van der Waals surface area contributed by atoms with Gasteiger partial charge in [0.1, 0.15) is 5.82 Å². The molecule has 0 fully saturated rings. The minimum atomic E-state index is -2.78. The Labute approximate surface area is 160 Å². The van der Waals surface area contributed by atoms with E-state index in [-0.39, 0.29) is 16.6 Å². The quantitative estimate of drug-likeness (QED) is 0.500. The standard InChI is InChI=1S/C17H15BrF2N4OS/c1-26(2)24(14-8-7-13(18)9-21-14)10-11-3-5-12(6-4-11)16-22-23-17(25-16)15(19)20/h3-9,15H,1,10H2,2H3. The summed E-state index contributed by atoms with van der Waals surface area (Å²) in [4.78, 5) is 4.42. The lowest BCUT2D eigenvalue weighted by atomic mass is 10.1. The minimum Gasteiger partial charge on any atom is -0.415 e. The predicted octanol–water partition coefficient (Wildman–Crippen LogP) is 5.08. The first-order chi connectivity index (χ1) is 12.4. The van der Waals surface area contributed by atoms with E-state index in [9.17, 15) is 8.78 Å². The topological polar surface area (TPSA) is 55.1 Å². The van der Waals surface area contributed by atoms with Crippen molar-refractivity contribution < 1.29 is 13.2 Å². The Balaban J connectivity index is 1.78. The van der Waals surface area contributed by atoms with Gasteiger partial charge in [0.2, 0.25) is 5.89 Å². The summed E-state index contributed by atoms with van der Waals surface area (Å²) in [5.74, 6) is 4.34. The molecule has 0 saturated carbocycles. The average Bonchev–Trinajstić information content (AvgIpc) is 3.11. The maximum absolute atomic E-state index is 12.5. The van der Waals surface area contributed by atoms with Crippen molar-refractivity contribution in [3.05, 3.63) is 58.5 Å². The fourth-order valence-corrected chi connectivity index (χ4v) is 3.26. The van der Waals surface area contributed by atoms with E-state index >= 15 is 0 Å². The normalized spacial score (nSPS) is 12.3. The van der Waals surface area contributed by atoms with Gasteiger partial charge in [-0.2, -0.15) is 8.78 Å². The Hall–Kier alpha value is -2.13. The molecule has 1 unspecified atom stereocenters. The maximum Gasteiger partial charge on any atom is 0.314 e. The molecule has 0 aliphatic carbocycles. The number of pyridine rings is 1. The first-order valence-corrected chi connectivity index (χ1v) is 10.0. The van der Waals surface area contributed by atoms with Gasteiger partial charge in [0.15, 0.2) is 0 Å². The van der Waals surface area contributed by atoms with Gasteiger partial charge in [-0.3, -0.25) is 0 Å². The number of hydrogen-bond acceptors (Lipinski definition) is 5. The fraction of sp³-hybridized carbons (Fsp3) is 0.176. The van der Waals surface area contributed by atoms with Crippen LogP contribution in [0.25, 0.3) is 11.5 Å². The highest BCUT2D eigenvalue weighted by atomic mass is 79.9. The molecule has 1 aromatic carbocycles. The molecule has 2 heterocycles. The second-order valence-electron chi connectivity index (χ2n) is 5.41. The van der Waals surface area contributed by atoms with Crippen molar-refractivity contribution in [3.8, 4) is 11.5 Å². The van der Waals surface area contributed by atoms with Crippen LogP contribution < -0.4 is 4.31 Å². The van der Waals surface area contributed by atoms with Gasteiger partial charge in [0.25, 0.3) is 5.89 Å². The molecular formula is C17H15BrF2N4OS. The van der Waals surface area contributed by atoms with Crippen molar-refractivity contribution in [2.45, 2.75) is 13.0 Å². The fourth-order valence-electron chi connectivity index (χ4n) is 2.22. The average molecular weight is 441 g/mol. The Morgan fingerprint density at radius 1 is 1.19 bits per heavy atom. The largest absolute Gasteiger partial charge is 0.415 e. The third-order valence-corrected chi connectivity index (χ3v) is 5.04. The zero-order valence-electron chi connectivity index (χ0n) is 13.8. The minimum absolute atomic E-state index is 0.0747. The molecule has 3 aromatic rings. The number of anilines is 1. The molecule has 1 atom stereocenters. The molecule has 0 aliphatic rings. The predicted molar refractivity (Wildman–Crippen MR) is 103 cm³/mol. The van der Waals surface area contributed by atoms with Crippen molar-refractivity contribution in [2.75, 3.05) is 10.6 Å². The van der Waals surface area contributed by atoms with Crippen LogP contribution in [-0.4, -0.2) is 27.3 Å². The highest BCUT2D eigenvalue weighted by Gasteiger charge is 2.17. The number of aromatic nitrogens is 3. The molecule has 0 radical (unpaired) electrons. The Morgan fingerprint density at radius 2 is 1.92 bits per heavy atom. The van der Waals surface area contributed by atoms with Crippen molar-refractivity contribution in [3.63, 3.8) is 0 Å². The smallest absolute Gasteiger partial charge is 0.314 e. The van der Waals surface area contributed by atoms with Crippen LogP contribution in [0.2, 0.25) is 0 Å². The van der Waals surface area contributed by atoms with Gasteiger partial charge in [-0.25, -0.2) is 4.98 Å². The first kappa shape index (κ1) is 18.7. The van der Waals surface area contributed by atoms with Crippen LogP contribution >= 0.6 is 26.6 Å². The summed E-state index contributed by atoms with van der Waals surface area (Å²) in [6.45, 7) is 0.615. The third kappa shape index (κ3) is 4.34. The van der Waals surface area contributed by atoms with E-state index in [1.807, 2.05) is 30.5 Å². The summed E-state index contributed by atoms with van der Waals surface area (Å²) in [6, 6.07) is 11.2. The summed E-state index contributed by atoms with van der Waals surface area (Å²) in [5.41, 5.74) is 1.61. The summed E-state index contributed by atoms with van der Waals surface area (Å²) in [6.07, 6.45) is 0.985. The van der Waals surface area contributed by atoms with Crippen molar-refractivity contribution in [2.24, 2.45) is 0 Å². The highest BCUT2D eigenvalue weighted by molar-refractivity contribution is 9.10. The zero-order chi connectivity index (χ0) is 18.7. The summed E-state index contributed by atoms with van der Waals surface area (Å²) < 4.78 is 33.1. The van der Waals surface area contributed by atoms with Gasteiger partial charge in [-0.05, 0) is 52.0 Å². The van der Waals surface area contributed by atoms with Gasteiger partial charge >= 0.3 is 6.43 Å². The maximum atomic E-state index is 12.5.